The summed E-state index contributed by atoms with van der Waals surface area (Å²) in [5.74, 6) is 0. The molecule has 1 aromatic rings. The molecule has 0 radical (unpaired) electrons. The smallest absolute Gasteiger partial charge is 0.414 e. The zero-order chi connectivity index (χ0) is 12.5. The summed E-state index contributed by atoms with van der Waals surface area (Å²) in [7, 11) is 0. The second kappa shape index (κ2) is 7.68. The van der Waals surface area contributed by atoms with Crippen molar-refractivity contribution in [2.24, 2.45) is 0 Å². The first-order valence-corrected chi connectivity index (χ1v) is 5.89. The van der Waals surface area contributed by atoms with Crippen LogP contribution in [0.1, 0.15) is 19.8 Å². The van der Waals surface area contributed by atoms with Gasteiger partial charge in [-0.1, -0.05) is 31.5 Å². The van der Waals surface area contributed by atoms with Crippen LogP contribution >= 0.6 is 0 Å². The largest absolute Gasteiger partial charge is 0.447 e. The van der Waals surface area contributed by atoms with Crippen molar-refractivity contribution in [3.05, 3.63) is 30.3 Å². The molecule has 0 bridgehead atoms. The van der Waals surface area contributed by atoms with Gasteiger partial charge in [-0.25, -0.2) is 4.79 Å². The van der Waals surface area contributed by atoms with Crippen LogP contribution in [0.2, 0.25) is 0 Å². The topological polar surface area (TPSA) is 49.8 Å². The molecule has 17 heavy (non-hydrogen) atoms. The number of carbonyl (C=O) groups excluding carboxylic acids is 1. The Kier molecular flexibility index (Phi) is 6.10. The van der Waals surface area contributed by atoms with Crippen molar-refractivity contribution in [3.8, 4) is 0 Å². The number of hydrogen-bond donors (Lipinski definition) is 1. The highest BCUT2D eigenvalue weighted by Gasteiger charge is 2.15. The number of para-hydroxylation sites is 1. The van der Waals surface area contributed by atoms with Crippen LogP contribution < -0.4 is 4.90 Å². The third-order valence-corrected chi connectivity index (χ3v) is 2.34. The number of rotatable bonds is 6. The fourth-order valence-corrected chi connectivity index (χ4v) is 1.46. The van der Waals surface area contributed by atoms with E-state index in [-0.39, 0.29) is 13.2 Å². The van der Waals surface area contributed by atoms with E-state index in [1.807, 2.05) is 30.3 Å². The number of carbonyl (C=O) groups is 1. The van der Waals surface area contributed by atoms with E-state index in [2.05, 4.69) is 6.92 Å². The highest BCUT2D eigenvalue weighted by molar-refractivity contribution is 5.87. The van der Waals surface area contributed by atoms with Crippen LogP contribution in [0.4, 0.5) is 10.5 Å². The van der Waals surface area contributed by atoms with Gasteiger partial charge in [-0.2, -0.15) is 0 Å². The molecule has 0 heterocycles. The zero-order valence-corrected chi connectivity index (χ0v) is 10.1. The number of ether oxygens (including phenoxy) is 1. The minimum atomic E-state index is -0.404. The molecule has 1 amide bonds. The van der Waals surface area contributed by atoms with Gasteiger partial charge in [0.2, 0.25) is 0 Å². The maximum Gasteiger partial charge on any atom is 0.414 e. The van der Waals surface area contributed by atoms with Gasteiger partial charge in [-0.3, -0.25) is 4.90 Å². The predicted molar refractivity (Wildman–Crippen MR) is 67.1 cm³/mol. The highest BCUT2D eigenvalue weighted by Crippen LogP contribution is 2.15. The second-order valence-electron chi connectivity index (χ2n) is 3.68. The van der Waals surface area contributed by atoms with E-state index in [1.165, 1.54) is 0 Å². The van der Waals surface area contributed by atoms with E-state index in [1.54, 1.807) is 4.90 Å². The number of amides is 1. The molecule has 1 rings (SSSR count). The van der Waals surface area contributed by atoms with Crippen molar-refractivity contribution in [1.82, 2.24) is 0 Å². The first kappa shape index (κ1) is 13.5. The van der Waals surface area contributed by atoms with Gasteiger partial charge in [0.15, 0.2) is 0 Å². The van der Waals surface area contributed by atoms with Crippen LogP contribution in [0.5, 0.6) is 0 Å². The Morgan fingerprint density at radius 3 is 2.65 bits per heavy atom. The number of aliphatic hydroxyl groups is 1. The minimum absolute atomic E-state index is 0.0360. The van der Waals surface area contributed by atoms with Gasteiger partial charge in [0.05, 0.1) is 6.61 Å². The number of nitrogens with zero attached hydrogens (tertiary/aromatic N) is 1. The van der Waals surface area contributed by atoms with Crippen molar-refractivity contribution in [2.45, 2.75) is 19.8 Å². The monoisotopic (exact) mass is 237 g/mol. The van der Waals surface area contributed by atoms with Gasteiger partial charge >= 0.3 is 6.09 Å². The fourth-order valence-electron chi connectivity index (χ4n) is 1.46. The second-order valence-corrected chi connectivity index (χ2v) is 3.68. The third kappa shape index (κ3) is 4.44. The van der Waals surface area contributed by atoms with Crippen molar-refractivity contribution in [3.63, 3.8) is 0 Å². The van der Waals surface area contributed by atoms with Crippen LogP contribution in [-0.2, 0) is 4.74 Å². The Bertz CT molecular complexity index is 327. The lowest BCUT2D eigenvalue weighted by atomic mass is 10.2. The molecule has 0 aliphatic carbocycles. The van der Waals surface area contributed by atoms with Gasteiger partial charge in [0, 0.05) is 12.2 Å². The summed E-state index contributed by atoms with van der Waals surface area (Å²) in [6.45, 7) is 2.59. The van der Waals surface area contributed by atoms with E-state index in [0.29, 0.717) is 6.54 Å². The first-order chi connectivity index (χ1) is 8.29. The van der Waals surface area contributed by atoms with Crippen LogP contribution in [0, 0.1) is 0 Å². The Labute approximate surface area is 102 Å². The molecule has 1 N–H and O–H groups in total. The number of hydrogen-bond acceptors (Lipinski definition) is 3. The molecule has 0 spiro atoms. The quantitative estimate of drug-likeness (QED) is 0.826. The number of aliphatic hydroxyl groups excluding tert-OH is 1. The molecule has 0 aliphatic rings. The van der Waals surface area contributed by atoms with E-state index in [0.717, 1.165) is 18.5 Å². The molecule has 0 fully saturated rings. The lowest BCUT2D eigenvalue weighted by Crippen LogP contribution is -2.33. The van der Waals surface area contributed by atoms with E-state index < -0.39 is 6.09 Å². The van der Waals surface area contributed by atoms with Crippen LogP contribution in [0.3, 0.4) is 0 Å². The van der Waals surface area contributed by atoms with E-state index in [4.69, 9.17) is 9.84 Å². The molecule has 94 valence electrons. The van der Waals surface area contributed by atoms with Gasteiger partial charge < -0.3 is 9.84 Å². The average molecular weight is 237 g/mol. The molecular formula is C13H19NO3. The molecule has 4 nitrogen and oxygen atoms in total. The fraction of sp³-hybridized carbons (Fsp3) is 0.462. The van der Waals surface area contributed by atoms with Gasteiger partial charge in [-0.05, 0) is 18.6 Å². The summed E-state index contributed by atoms with van der Waals surface area (Å²) in [6, 6.07) is 9.41. The van der Waals surface area contributed by atoms with Gasteiger partial charge in [0.25, 0.3) is 0 Å². The lowest BCUT2D eigenvalue weighted by molar-refractivity contribution is 0.125. The van der Waals surface area contributed by atoms with Crippen LogP contribution in [-0.4, -0.2) is 31.0 Å². The van der Waals surface area contributed by atoms with Crippen molar-refractivity contribution in [1.29, 1.82) is 0 Å². The standard InChI is InChI=1S/C13H19NO3/c1-2-3-9-14(13(16)17-11-10-15)12-7-5-4-6-8-12/h4-8,15H,2-3,9-11H2,1H3. The Morgan fingerprint density at radius 2 is 2.06 bits per heavy atom. The maximum absolute atomic E-state index is 11.8. The molecular weight excluding hydrogens is 218 g/mol. The normalized spacial score (nSPS) is 10.0. The highest BCUT2D eigenvalue weighted by atomic mass is 16.6. The van der Waals surface area contributed by atoms with Gasteiger partial charge in [-0.15, -0.1) is 0 Å². The molecule has 0 atom stereocenters. The molecule has 0 aromatic heterocycles. The summed E-state index contributed by atoms with van der Waals surface area (Å²) in [5.41, 5.74) is 0.823. The molecule has 0 aliphatic heterocycles. The number of anilines is 1. The Morgan fingerprint density at radius 1 is 1.35 bits per heavy atom. The summed E-state index contributed by atoms with van der Waals surface area (Å²) < 4.78 is 4.94. The van der Waals surface area contributed by atoms with Crippen molar-refractivity contribution < 1.29 is 14.6 Å². The molecule has 0 saturated carbocycles. The zero-order valence-electron chi connectivity index (χ0n) is 10.1. The van der Waals surface area contributed by atoms with Crippen LogP contribution in [0.25, 0.3) is 0 Å². The third-order valence-electron chi connectivity index (χ3n) is 2.34. The lowest BCUT2D eigenvalue weighted by Gasteiger charge is -2.21. The molecule has 0 saturated heterocycles. The summed E-state index contributed by atoms with van der Waals surface area (Å²) in [5, 5.41) is 8.65. The van der Waals surface area contributed by atoms with E-state index in [9.17, 15) is 4.79 Å². The molecule has 0 unspecified atom stereocenters. The first-order valence-electron chi connectivity index (χ1n) is 5.89. The molecule has 4 heteroatoms. The Balaban J connectivity index is 2.69. The van der Waals surface area contributed by atoms with Crippen molar-refractivity contribution >= 4 is 11.8 Å². The summed E-state index contributed by atoms with van der Waals surface area (Å²) in [6.07, 6.45) is 1.53. The summed E-state index contributed by atoms with van der Waals surface area (Å²) >= 11 is 0. The predicted octanol–water partition coefficient (Wildman–Crippen LogP) is 2.42. The van der Waals surface area contributed by atoms with E-state index >= 15 is 0 Å². The SMILES string of the molecule is CCCCN(C(=O)OCCO)c1ccccc1. The average Bonchev–Trinajstić information content (AvgIpc) is 2.38. The number of unbranched alkanes of at least 4 members (excludes halogenated alkanes) is 1. The maximum atomic E-state index is 11.8. The number of benzene rings is 1. The Hall–Kier alpha value is -1.55. The summed E-state index contributed by atoms with van der Waals surface area (Å²) in [4.78, 5) is 13.4. The van der Waals surface area contributed by atoms with Crippen LogP contribution in [0.15, 0.2) is 30.3 Å². The molecule has 1 aromatic carbocycles. The van der Waals surface area contributed by atoms with Gasteiger partial charge in [0.1, 0.15) is 6.61 Å². The van der Waals surface area contributed by atoms with Crippen molar-refractivity contribution in [2.75, 3.05) is 24.7 Å². The minimum Gasteiger partial charge on any atom is -0.447 e.